The molecule has 19 heavy (non-hydrogen) atoms. The van der Waals surface area contributed by atoms with Crippen LogP contribution in [0, 0.1) is 13.8 Å². The number of rotatable bonds is 6. The highest BCUT2D eigenvalue weighted by molar-refractivity contribution is 7.11. The Hall–Kier alpha value is -1.14. The number of carbonyl (C=O) groups is 1. The first-order valence-corrected chi connectivity index (χ1v) is 7.51. The van der Waals surface area contributed by atoms with Crippen molar-refractivity contribution < 1.29 is 9.90 Å². The van der Waals surface area contributed by atoms with Crippen molar-refractivity contribution in [3.05, 3.63) is 15.6 Å². The quantitative estimate of drug-likeness (QED) is 0.831. The number of aliphatic hydroxyl groups is 1. The van der Waals surface area contributed by atoms with Crippen LogP contribution in [0.4, 0.5) is 4.79 Å². The van der Waals surface area contributed by atoms with Crippen LogP contribution in [-0.2, 0) is 6.42 Å². The molecular weight excluding hydrogens is 262 g/mol. The SMILES string of the molecule is Cc1nc(C)c(CCNC(=O)N(CCO)C2CC2)s1. The van der Waals surface area contributed by atoms with Crippen molar-refractivity contribution in [2.75, 3.05) is 19.7 Å². The maximum Gasteiger partial charge on any atom is 0.317 e. The summed E-state index contributed by atoms with van der Waals surface area (Å²) in [6.45, 7) is 5.07. The number of hydrogen-bond acceptors (Lipinski definition) is 4. The Bertz CT molecular complexity index is 443. The summed E-state index contributed by atoms with van der Waals surface area (Å²) in [5, 5.41) is 13.0. The molecule has 0 spiro atoms. The molecule has 0 aromatic carbocycles. The van der Waals surface area contributed by atoms with Crippen LogP contribution in [0.5, 0.6) is 0 Å². The number of urea groups is 1. The second kappa shape index (κ2) is 6.34. The number of nitrogens with one attached hydrogen (secondary N) is 1. The lowest BCUT2D eigenvalue weighted by molar-refractivity contribution is 0.174. The summed E-state index contributed by atoms with van der Waals surface area (Å²) in [5.41, 5.74) is 1.06. The highest BCUT2D eigenvalue weighted by atomic mass is 32.1. The van der Waals surface area contributed by atoms with Gasteiger partial charge in [-0.2, -0.15) is 0 Å². The Kier molecular flexibility index (Phi) is 4.76. The van der Waals surface area contributed by atoms with E-state index in [1.807, 2.05) is 13.8 Å². The molecule has 2 rings (SSSR count). The van der Waals surface area contributed by atoms with Crippen LogP contribution in [-0.4, -0.2) is 46.8 Å². The van der Waals surface area contributed by atoms with E-state index < -0.39 is 0 Å². The van der Waals surface area contributed by atoms with Gasteiger partial charge in [0.05, 0.1) is 17.3 Å². The first kappa shape index (κ1) is 14.3. The number of hydrogen-bond donors (Lipinski definition) is 2. The summed E-state index contributed by atoms with van der Waals surface area (Å²) in [6.07, 6.45) is 2.93. The zero-order chi connectivity index (χ0) is 13.8. The predicted molar refractivity (Wildman–Crippen MR) is 75.5 cm³/mol. The smallest absolute Gasteiger partial charge is 0.317 e. The second-order valence-electron chi connectivity index (χ2n) is 4.87. The summed E-state index contributed by atoms with van der Waals surface area (Å²) in [4.78, 5) is 19.3. The third-order valence-electron chi connectivity index (χ3n) is 3.22. The van der Waals surface area contributed by atoms with Gasteiger partial charge in [-0.1, -0.05) is 0 Å². The lowest BCUT2D eigenvalue weighted by atomic mass is 10.3. The third kappa shape index (κ3) is 3.91. The minimum atomic E-state index is -0.0598. The third-order valence-corrected chi connectivity index (χ3v) is 4.35. The van der Waals surface area contributed by atoms with Gasteiger partial charge < -0.3 is 15.3 Å². The standard InChI is InChI=1S/C13H21N3O2S/c1-9-12(19-10(2)15-9)5-6-14-13(18)16(7-8-17)11-3-4-11/h11,17H,3-8H2,1-2H3,(H,14,18). The van der Waals surface area contributed by atoms with Crippen LogP contribution in [0.1, 0.15) is 28.4 Å². The fraction of sp³-hybridized carbons (Fsp3) is 0.692. The van der Waals surface area contributed by atoms with Crippen molar-refractivity contribution in [2.45, 2.75) is 39.2 Å². The van der Waals surface area contributed by atoms with E-state index in [1.54, 1.807) is 16.2 Å². The molecule has 1 saturated carbocycles. The van der Waals surface area contributed by atoms with E-state index in [0.717, 1.165) is 30.0 Å². The number of aryl methyl sites for hydroxylation is 2. The fourth-order valence-corrected chi connectivity index (χ4v) is 3.07. The zero-order valence-electron chi connectivity index (χ0n) is 11.5. The summed E-state index contributed by atoms with van der Waals surface area (Å²) < 4.78 is 0. The topological polar surface area (TPSA) is 65.5 Å². The van der Waals surface area contributed by atoms with Crippen molar-refractivity contribution in [1.29, 1.82) is 0 Å². The maximum atomic E-state index is 12.0. The molecule has 0 saturated heterocycles. The Balaban J connectivity index is 1.78. The zero-order valence-corrected chi connectivity index (χ0v) is 12.3. The maximum absolute atomic E-state index is 12.0. The lowest BCUT2D eigenvalue weighted by Gasteiger charge is -2.21. The predicted octanol–water partition coefficient (Wildman–Crippen LogP) is 1.47. The first-order valence-electron chi connectivity index (χ1n) is 6.70. The number of carbonyl (C=O) groups excluding carboxylic acids is 1. The Morgan fingerprint density at radius 2 is 2.26 bits per heavy atom. The average molecular weight is 283 g/mol. The summed E-state index contributed by atoms with van der Waals surface area (Å²) in [7, 11) is 0. The van der Waals surface area contributed by atoms with Crippen molar-refractivity contribution in [2.24, 2.45) is 0 Å². The van der Waals surface area contributed by atoms with E-state index in [4.69, 9.17) is 5.11 Å². The minimum Gasteiger partial charge on any atom is -0.395 e. The lowest BCUT2D eigenvalue weighted by Crippen LogP contribution is -2.43. The number of aromatic nitrogens is 1. The molecule has 0 aliphatic heterocycles. The molecule has 1 fully saturated rings. The van der Waals surface area contributed by atoms with E-state index >= 15 is 0 Å². The van der Waals surface area contributed by atoms with E-state index in [1.165, 1.54) is 4.88 Å². The van der Waals surface area contributed by atoms with Gasteiger partial charge in [-0.25, -0.2) is 9.78 Å². The number of aliphatic hydroxyl groups excluding tert-OH is 1. The van der Waals surface area contributed by atoms with Crippen LogP contribution >= 0.6 is 11.3 Å². The highest BCUT2D eigenvalue weighted by Gasteiger charge is 2.31. The summed E-state index contributed by atoms with van der Waals surface area (Å²) in [5.74, 6) is 0. The van der Waals surface area contributed by atoms with E-state index in [0.29, 0.717) is 19.1 Å². The van der Waals surface area contributed by atoms with Gasteiger partial charge in [0.25, 0.3) is 0 Å². The molecule has 0 unspecified atom stereocenters. The van der Waals surface area contributed by atoms with E-state index in [9.17, 15) is 4.79 Å². The highest BCUT2D eigenvalue weighted by Crippen LogP contribution is 2.26. The van der Waals surface area contributed by atoms with Crippen molar-refractivity contribution in [1.82, 2.24) is 15.2 Å². The molecule has 1 aromatic heterocycles. The van der Waals surface area contributed by atoms with Crippen LogP contribution in [0.25, 0.3) is 0 Å². The van der Waals surface area contributed by atoms with Crippen LogP contribution in [0.15, 0.2) is 0 Å². The largest absolute Gasteiger partial charge is 0.395 e. The van der Waals surface area contributed by atoms with E-state index in [-0.39, 0.29) is 12.6 Å². The molecule has 1 aliphatic carbocycles. The van der Waals surface area contributed by atoms with Gasteiger partial charge in [0.15, 0.2) is 0 Å². The molecule has 5 nitrogen and oxygen atoms in total. The number of thiazole rings is 1. The molecule has 6 heteroatoms. The molecule has 1 heterocycles. The molecule has 2 N–H and O–H groups in total. The van der Waals surface area contributed by atoms with Crippen LogP contribution in [0.3, 0.4) is 0 Å². The Morgan fingerprint density at radius 1 is 1.53 bits per heavy atom. The Labute approximate surface area is 117 Å². The van der Waals surface area contributed by atoms with Gasteiger partial charge in [-0.15, -0.1) is 11.3 Å². The van der Waals surface area contributed by atoms with Gasteiger partial charge in [-0.05, 0) is 26.7 Å². The monoisotopic (exact) mass is 283 g/mol. The molecule has 1 aromatic rings. The fourth-order valence-electron chi connectivity index (χ4n) is 2.13. The molecule has 0 bridgehead atoms. The van der Waals surface area contributed by atoms with E-state index in [2.05, 4.69) is 10.3 Å². The van der Waals surface area contributed by atoms with Gasteiger partial charge >= 0.3 is 6.03 Å². The molecule has 0 atom stereocenters. The van der Waals surface area contributed by atoms with Crippen molar-refractivity contribution in [3.8, 4) is 0 Å². The van der Waals surface area contributed by atoms with Gasteiger partial charge in [0.2, 0.25) is 0 Å². The van der Waals surface area contributed by atoms with Crippen molar-refractivity contribution >= 4 is 17.4 Å². The molecule has 2 amide bonds. The molecule has 1 aliphatic rings. The summed E-state index contributed by atoms with van der Waals surface area (Å²) >= 11 is 1.69. The van der Waals surface area contributed by atoms with Crippen molar-refractivity contribution in [3.63, 3.8) is 0 Å². The van der Waals surface area contributed by atoms with Crippen LogP contribution in [0.2, 0.25) is 0 Å². The van der Waals surface area contributed by atoms with Gasteiger partial charge in [0, 0.05) is 30.4 Å². The van der Waals surface area contributed by atoms with Gasteiger partial charge in [0.1, 0.15) is 0 Å². The van der Waals surface area contributed by atoms with Crippen LogP contribution < -0.4 is 5.32 Å². The second-order valence-corrected chi connectivity index (χ2v) is 6.16. The van der Waals surface area contributed by atoms with Gasteiger partial charge in [-0.3, -0.25) is 0 Å². The normalized spacial score (nSPS) is 14.5. The molecule has 106 valence electrons. The average Bonchev–Trinajstić information content (AvgIpc) is 3.13. The number of nitrogens with zero attached hydrogens (tertiary/aromatic N) is 2. The molecular formula is C13H21N3O2S. The Morgan fingerprint density at radius 3 is 2.79 bits per heavy atom. The summed E-state index contributed by atoms with van der Waals surface area (Å²) in [6, 6.07) is 0.273. The minimum absolute atomic E-state index is 0.0249. The first-order chi connectivity index (χ1) is 9.11. The molecule has 0 radical (unpaired) electrons. The number of amides is 2.